The summed E-state index contributed by atoms with van der Waals surface area (Å²) in [5.41, 5.74) is 4.66. The molecule has 0 N–H and O–H groups in total. The lowest BCUT2D eigenvalue weighted by atomic mass is 9.94. The molecular formula is C22H27N3O2. The molecule has 2 aromatic heterocycles. The largest absolute Gasteiger partial charge is 0.464 e. The van der Waals surface area contributed by atoms with E-state index in [0.29, 0.717) is 6.04 Å². The van der Waals surface area contributed by atoms with Gasteiger partial charge in [0.05, 0.1) is 12.0 Å². The van der Waals surface area contributed by atoms with Gasteiger partial charge in [-0.1, -0.05) is 11.2 Å². The Hall–Kier alpha value is -2.11. The van der Waals surface area contributed by atoms with Gasteiger partial charge in [0.1, 0.15) is 11.3 Å². The Balaban J connectivity index is 1.31. The maximum Gasteiger partial charge on any atom is 0.138 e. The maximum atomic E-state index is 5.48. The first-order valence-corrected chi connectivity index (χ1v) is 10.00. The summed E-state index contributed by atoms with van der Waals surface area (Å²) in [6, 6.07) is 9.28. The van der Waals surface area contributed by atoms with E-state index in [-0.39, 0.29) is 0 Å². The predicted molar refractivity (Wildman–Crippen MR) is 104 cm³/mol. The van der Waals surface area contributed by atoms with Crippen molar-refractivity contribution in [2.45, 2.75) is 45.8 Å². The Kier molecular flexibility index (Phi) is 4.29. The van der Waals surface area contributed by atoms with Crippen molar-refractivity contribution in [1.82, 2.24) is 15.0 Å². The number of fused-ring (bicyclic) bond motifs is 5. The molecule has 5 nitrogen and oxygen atoms in total. The number of hydrogen-bond acceptors (Lipinski definition) is 5. The Labute approximate surface area is 159 Å². The molecule has 0 spiro atoms. The van der Waals surface area contributed by atoms with Crippen molar-refractivity contribution in [3.05, 3.63) is 53.1 Å². The van der Waals surface area contributed by atoms with Gasteiger partial charge in [-0.25, -0.2) is 0 Å². The molecule has 5 heterocycles. The zero-order valence-electron chi connectivity index (χ0n) is 16.1. The van der Waals surface area contributed by atoms with E-state index < -0.39 is 0 Å². The second-order valence-electron chi connectivity index (χ2n) is 8.32. The van der Waals surface area contributed by atoms with E-state index in [1.165, 1.54) is 42.4 Å². The molecule has 0 unspecified atom stereocenters. The number of piperidine rings is 1. The van der Waals surface area contributed by atoms with Crippen LogP contribution in [0.25, 0.3) is 11.0 Å². The van der Waals surface area contributed by atoms with Crippen LogP contribution in [0.4, 0.5) is 0 Å². The van der Waals surface area contributed by atoms with Gasteiger partial charge in [0, 0.05) is 49.7 Å². The molecule has 3 aliphatic heterocycles. The second-order valence-corrected chi connectivity index (χ2v) is 8.32. The summed E-state index contributed by atoms with van der Waals surface area (Å²) in [4.78, 5) is 5.32. The van der Waals surface area contributed by atoms with Gasteiger partial charge in [-0.15, -0.1) is 0 Å². The summed E-state index contributed by atoms with van der Waals surface area (Å²) in [5.74, 6) is 1.72. The van der Waals surface area contributed by atoms with Crippen LogP contribution in [-0.4, -0.2) is 40.6 Å². The third-order valence-corrected chi connectivity index (χ3v) is 6.37. The van der Waals surface area contributed by atoms with Crippen LogP contribution in [0.1, 0.15) is 35.4 Å². The van der Waals surface area contributed by atoms with Gasteiger partial charge in [-0.05, 0) is 56.4 Å². The molecule has 2 atom stereocenters. The predicted octanol–water partition coefficient (Wildman–Crippen LogP) is 4.13. The molecule has 3 fully saturated rings. The van der Waals surface area contributed by atoms with Crippen LogP contribution in [0.15, 0.2) is 39.5 Å². The number of furan rings is 1. The van der Waals surface area contributed by atoms with E-state index in [0.717, 1.165) is 42.6 Å². The summed E-state index contributed by atoms with van der Waals surface area (Å²) in [6.07, 6.45) is 4.42. The molecule has 5 heteroatoms. The molecule has 2 bridgehead atoms. The van der Waals surface area contributed by atoms with Crippen molar-refractivity contribution in [1.29, 1.82) is 0 Å². The van der Waals surface area contributed by atoms with Gasteiger partial charge in [0.15, 0.2) is 0 Å². The van der Waals surface area contributed by atoms with Gasteiger partial charge in [0.25, 0.3) is 0 Å². The van der Waals surface area contributed by atoms with Crippen molar-refractivity contribution in [3.63, 3.8) is 0 Å². The lowest BCUT2D eigenvalue weighted by molar-refractivity contribution is 0.123. The Morgan fingerprint density at radius 3 is 2.85 bits per heavy atom. The van der Waals surface area contributed by atoms with Crippen LogP contribution >= 0.6 is 0 Å². The summed E-state index contributed by atoms with van der Waals surface area (Å²) >= 11 is 0. The zero-order chi connectivity index (χ0) is 18.4. The quantitative estimate of drug-likeness (QED) is 0.695. The first-order valence-electron chi connectivity index (χ1n) is 10.00. The van der Waals surface area contributed by atoms with Crippen molar-refractivity contribution in [2.75, 3.05) is 19.6 Å². The molecule has 3 aliphatic rings. The van der Waals surface area contributed by atoms with Crippen molar-refractivity contribution in [3.8, 4) is 0 Å². The number of benzene rings is 1. The Morgan fingerprint density at radius 2 is 2.00 bits per heavy atom. The number of nitrogens with zero attached hydrogens (tertiary/aromatic N) is 3. The first-order chi connectivity index (χ1) is 13.2. The standard InChI is InChI=1S/C22H27N3O2/c1-15-21(16(2)27-23-15)14-24-10-18-3-5-20(13-24)25(12-18)11-17-4-6-22-19(9-17)7-8-26-22/h4,6-9,18,20H,3,5,10-14H2,1-2H3/t18-,20+/m0/s1. The van der Waals surface area contributed by atoms with Gasteiger partial charge in [-0.3, -0.25) is 9.80 Å². The van der Waals surface area contributed by atoms with Crippen molar-refractivity contribution < 1.29 is 8.94 Å². The Morgan fingerprint density at radius 1 is 1.07 bits per heavy atom. The van der Waals surface area contributed by atoms with Crippen LogP contribution in [-0.2, 0) is 13.1 Å². The molecule has 6 rings (SSSR count). The highest BCUT2D eigenvalue weighted by atomic mass is 16.5. The molecule has 0 amide bonds. The lowest BCUT2D eigenvalue weighted by Crippen LogP contribution is -2.43. The fourth-order valence-corrected chi connectivity index (χ4v) is 4.90. The van der Waals surface area contributed by atoms with E-state index >= 15 is 0 Å². The van der Waals surface area contributed by atoms with Gasteiger partial charge in [0.2, 0.25) is 0 Å². The molecule has 27 heavy (non-hydrogen) atoms. The monoisotopic (exact) mass is 365 g/mol. The summed E-state index contributed by atoms with van der Waals surface area (Å²) in [7, 11) is 0. The van der Waals surface area contributed by atoms with Gasteiger partial charge < -0.3 is 8.94 Å². The minimum absolute atomic E-state index is 0.629. The fraction of sp³-hybridized carbons (Fsp3) is 0.500. The fourth-order valence-electron chi connectivity index (χ4n) is 4.90. The SMILES string of the molecule is Cc1noc(C)c1CN1C[C@@H]2CC[C@H](C1)N(Cc1ccc3occc3c1)C2. The zero-order valence-corrected chi connectivity index (χ0v) is 16.1. The Bertz CT molecular complexity index is 925. The highest BCUT2D eigenvalue weighted by molar-refractivity contribution is 5.77. The second kappa shape index (κ2) is 6.80. The summed E-state index contributed by atoms with van der Waals surface area (Å²) in [6.45, 7) is 9.58. The topological polar surface area (TPSA) is 45.7 Å². The van der Waals surface area contributed by atoms with Crippen molar-refractivity contribution >= 4 is 11.0 Å². The first kappa shape index (κ1) is 17.0. The maximum absolute atomic E-state index is 5.48. The van der Waals surface area contributed by atoms with Crippen LogP contribution in [0, 0.1) is 19.8 Å². The van der Waals surface area contributed by atoms with Gasteiger partial charge >= 0.3 is 0 Å². The highest BCUT2D eigenvalue weighted by Crippen LogP contribution is 2.31. The molecule has 0 radical (unpaired) electrons. The molecule has 142 valence electrons. The minimum Gasteiger partial charge on any atom is -0.464 e. The van der Waals surface area contributed by atoms with Crippen LogP contribution in [0.5, 0.6) is 0 Å². The molecule has 1 aromatic carbocycles. The molecule has 3 saturated heterocycles. The normalized spacial score (nSPS) is 23.9. The molecule has 0 saturated carbocycles. The smallest absolute Gasteiger partial charge is 0.138 e. The van der Waals surface area contributed by atoms with Gasteiger partial charge in [-0.2, -0.15) is 0 Å². The average Bonchev–Trinajstić information content (AvgIpc) is 3.13. The molecular weight excluding hydrogens is 338 g/mol. The van der Waals surface area contributed by atoms with Crippen molar-refractivity contribution in [2.24, 2.45) is 5.92 Å². The summed E-state index contributed by atoms with van der Waals surface area (Å²) < 4.78 is 10.9. The third kappa shape index (κ3) is 3.30. The number of aryl methyl sites for hydroxylation is 2. The number of aromatic nitrogens is 1. The van der Waals surface area contributed by atoms with E-state index in [1.54, 1.807) is 6.26 Å². The van der Waals surface area contributed by atoms with E-state index in [2.05, 4.69) is 46.1 Å². The highest BCUT2D eigenvalue weighted by Gasteiger charge is 2.35. The molecule has 0 aliphatic carbocycles. The number of rotatable bonds is 4. The van der Waals surface area contributed by atoms with Crippen LogP contribution < -0.4 is 0 Å². The van der Waals surface area contributed by atoms with E-state index in [9.17, 15) is 0 Å². The van der Waals surface area contributed by atoms with Crippen LogP contribution in [0.3, 0.4) is 0 Å². The van der Waals surface area contributed by atoms with E-state index in [4.69, 9.17) is 8.94 Å². The number of hydrogen-bond donors (Lipinski definition) is 0. The minimum atomic E-state index is 0.629. The van der Waals surface area contributed by atoms with Crippen LogP contribution in [0.2, 0.25) is 0 Å². The average molecular weight is 365 g/mol. The summed E-state index contributed by atoms with van der Waals surface area (Å²) in [5, 5.41) is 5.33. The third-order valence-electron chi connectivity index (χ3n) is 6.37. The molecule has 3 aromatic rings. The van der Waals surface area contributed by atoms with E-state index in [1.807, 2.05) is 6.92 Å². The lowest BCUT2D eigenvalue weighted by Gasteiger charge is -2.36.